The molecule has 0 saturated heterocycles. The Morgan fingerprint density at radius 3 is 2.69 bits per heavy atom. The number of H-pyrrole nitrogens is 1. The molecule has 2 N–H and O–H groups in total. The van der Waals surface area contributed by atoms with E-state index in [4.69, 9.17) is 9.47 Å². The van der Waals surface area contributed by atoms with Crippen LogP contribution >= 0.6 is 11.3 Å². The maximum Gasteiger partial charge on any atom is 0.439 e. The number of hydrogen-bond donors (Lipinski definition) is 2. The van der Waals surface area contributed by atoms with Gasteiger partial charge in [0.15, 0.2) is 5.82 Å². The van der Waals surface area contributed by atoms with E-state index in [0.717, 1.165) is 28.3 Å². The number of nitrogens with one attached hydrogen (secondary N) is 2. The molecule has 4 aromatic rings. The van der Waals surface area contributed by atoms with Gasteiger partial charge in [0.25, 0.3) is 0 Å². The second kappa shape index (κ2) is 10.1. The van der Waals surface area contributed by atoms with Crippen molar-refractivity contribution in [1.29, 1.82) is 0 Å². The molecule has 3 heterocycles. The van der Waals surface area contributed by atoms with Gasteiger partial charge in [-0.25, -0.2) is 14.8 Å². The van der Waals surface area contributed by atoms with Crippen molar-refractivity contribution in [1.82, 2.24) is 20.1 Å². The normalized spacial score (nSPS) is 10.8. The maximum absolute atomic E-state index is 11.4. The van der Waals surface area contributed by atoms with Crippen LogP contribution in [0.2, 0.25) is 0 Å². The molecule has 0 amide bonds. The highest BCUT2D eigenvalue weighted by atomic mass is 32.1. The first-order valence-electron chi connectivity index (χ1n) is 10.3. The number of rotatable bonds is 10. The van der Waals surface area contributed by atoms with Crippen molar-refractivity contribution in [2.75, 3.05) is 25.1 Å². The molecular weight excluding hydrogens is 430 g/mol. The van der Waals surface area contributed by atoms with E-state index in [1.807, 2.05) is 44.2 Å². The van der Waals surface area contributed by atoms with Crippen LogP contribution in [-0.4, -0.2) is 39.9 Å². The average molecular weight is 454 g/mol. The lowest BCUT2D eigenvalue weighted by atomic mass is 10.1. The van der Waals surface area contributed by atoms with Crippen LogP contribution in [0.1, 0.15) is 19.4 Å². The highest BCUT2D eigenvalue weighted by molar-refractivity contribution is 7.19. The quantitative estimate of drug-likeness (QED) is 0.370. The van der Waals surface area contributed by atoms with Crippen molar-refractivity contribution in [3.8, 4) is 32.8 Å². The minimum Gasteiger partial charge on any atom is -0.494 e. The van der Waals surface area contributed by atoms with Crippen molar-refractivity contribution in [2.24, 2.45) is 0 Å². The van der Waals surface area contributed by atoms with Gasteiger partial charge in [0.2, 0.25) is 0 Å². The molecule has 0 spiro atoms. The van der Waals surface area contributed by atoms with Gasteiger partial charge in [-0.1, -0.05) is 23.4 Å². The van der Waals surface area contributed by atoms with Crippen LogP contribution in [0.5, 0.6) is 11.5 Å². The van der Waals surface area contributed by atoms with Gasteiger partial charge in [-0.15, -0.1) is 11.3 Å². The fourth-order valence-corrected chi connectivity index (χ4v) is 4.18. The van der Waals surface area contributed by atoms with Crippen molar-refractivity contribution in [3.05, 3.63) is 58.8 Å². The molecule has 4 rings (SSSR count). The van der Waals surface area contributed by atoms with Crippen LogP contribution in [-0.2, 0) is 6.42 Å². The van der Waals surface area contributed by atoms with Crippen LogP contribution in [0.3, 0.4) is 0 Å². The van der Waals surface area contributed by atoms with Gasteiger partial charge in [0.1, 0.15) is 28.5 Å². The lowest BCUT2D eigenvalue weighted by molar-refractivity contribution is 0.336. The molecule has 0 bridgehead atoms. The monoisotopic (exact) mass is 453 g/mol. The molecule has 0 fully saturated rings. The third-order valence-electron chi connectivity index (χ3n) is 4.55. The Kier molecular flexibility index (Phi) is 6.81. The van der Waals surface area contributed by atoms with Crippen molar-refractivity contribution < 1.29 is 14.0 Å². The summed E-state index contributed by atoms with van der Waals surface area (Å²) >= 11 is 1.40. The minimum atomic E-state index is -0.614. The predicted octanol–water partition coefficient (Wildman–Crippen LogP) is 4.00. The number of aromatic amines is 1. The molecule has 9 nitrogen and oxygen atoms in total. The molecule has 166 valence electrons. The molecule has 32 heavy (non-hydrogen) atoms. The van der Waals surface area contributed by atoms with E-state index < -0.39 is 5.76 Å². The van der Waals surface area contributed by atoms with Crippen LogP contribution < -0.4 is 20.5 Å². The molecule has 0 saturated carbocycles. The second-order valence-electron chi connectivity index (χ2n) is 6.69. The molecule has 0 aliphatic carbocycles. The minimum absolute atomic E-state index is 0.329. The Bertz CT molecular complexity index is 1230. The van der Waals surface area contributed by atoms with E-state index in [1.54, 1.807) is 0 Å². The number of nitrogens with zero attached hydrogens (tertiary/aromatic N) is 3. The summed E-state index contributed by atoms with van der Waals surface area (Å²) in [5.74, 6) is 1.94. The summed E-state index contributed by atoms with van der Waals surface area (Å²) in [5, 5.41) is 7.12. The fourth-order valence-electron chi connectivity index (χ4n) is 3.18. The van der Waals surface area contributed by atoms with E-state index in [1.165, 1.54) is 17.7 Å². The summed E-state index contributed by atoms with van der Waals surface area (Å²) in [6, 6.07) is 11.8. The Balaban J connectivity index is 1.50. The van der Waals surface area contributed by atoms with E-state index >= 15 is 0 Å². The maximum atomic E-state index is 11.4. The third-order valence-corrected chi connectivity index (χ3v) is 5.69. The standard InChI is InChI=1S/C22H23N5O4S/c1-3-29-16-8-6-5-7-14(16)9-10-23-19-11-15(24-13-25-19)18-12-17(30-4-2)20(32-18)21-26-22(28)31-27-21/h5-8,11-13H,3-4,9-10H2,1-2H3,(H,23,24,25)(H,26,27,28). The Hall–Kier alpha value is -3.66. The van der Waals surface area contributed by atoms with Gasteiger partial charge in [0.05, 0.1) is 23.8 Å². The topological polar surface area (TPSA) is 115 Å². The lowest BCUT2D eigenvalue weighted by Crippen LogP contribution is -2.08. The zero-order chi connectivity index (χ0) is 22.3. The SMILES string of the molecule is CCOc1ccccc1CCNc1cc(-c2cc(OCC)c(-c3noc(=O)[nH]3)s2)ncn1. The van der Waals surface area contributed by atoms with E-state index in [2.05, 4.69) is 36.0 Å². The first-order chi connectivity index (χ1) is 15.7. The Labute approximate surface area is 188 Å². The van der Waals surface area contributed by atoms with Crippen LogP contribution in [0.15, 0.2) is 52.0 Å². The van der Waals surface area contributed by atoms with Gasteiger partial charge >= 0.3 is 5.76 Å². The van der Waals surface area contributed by atoms with E-state index in [0.29, 0.717) is 42.0 Å². The molecule has 0 radical (unpaired) electrons. The zero-order valence-electron chi connectivity index (χ0n) is 17.8. The lowest BCUT2D eigenvalue weighted by Gasteiger charge is -2.11. The van der Waals surface area contributed by atoms with Gasteiger partial charge in [0, 0.05) is 18.7 Å². The number of thiophene rings is 1. The summed E-state index contributed by atoms with van der Waals surface area (Å²) in [6.45, 7) is 5.67. The van der Waals surface area contributed by atoms with E-state index in [-0.39, 0.29) is 0 Å². The smallest absolute Gasteiger partial charge is 0.439 e. The fraction of sp³-hybridized carbons (Fsp3) is 0.273. The van der Waals surface area contributed by atoms with Gasteiger partial charge in [-0.05, 0) is 31.9 Å². The van der Waals surface area contributed by atoms with Crippen LogP contribution in [0, 0.1) is 0 Å². The average Bonchev–Trinajstić information content (AvgIpc) is 3.42. The van der Waals surface area contributed by atoms with Gasteiger partial charge in [-0.3, -0.25) is 9.51 Å². The number of ether oxygens (including phenoxy) is 2. The summed E-state index contributed by atoms with van der Waals surface area (Å²) in [5.41, 5.74) is 1.88. The highest BCUT2D eigenvalue weighted by Crippen LogP contribution is 2.41. The van der Waals surface area contributed by atoms with E-state index in [9.17, 15) is 4.79 Å². The van der Waals surface area contributed by atoms with Crippen molar-refractivity contribution in [3.63, 3.8) is 0 Å². The number of para-hydroxylation sites is 1. The Morgan fingerprint density at radius 2 is 1.91 bits per heavy atom. The molecule has 1 aromatic carbocycles. The number of hydrogen-bond acceptors (Lipinski definition) is 9. The first kappa shape index (κ1) is 21.6. The third kappa shape index (κ3) is 4.97. The number of benzene rings is 1. The van der Waals surface area contributed by atoms with Crippen molar-refractivity contribution in [2.45, 2.75) is 20.3 Å². The largest absolute Gasteiger partial charge is 0.494 e. The number of anilines is 1. The number of aromatic nitrogens is 4. The Morgan fingerprint density at radius 1 is 1.09 bits per heavy atom. The summed E-state index contributed by atoms with van der Waals surface area (Å²) in [7, 11) is 0. The molecule has 0 aliphatic rings. The summed E-state index contributed by atoms with van der Waals surface area (Å²) in [4.78, 5) is 24.2. The molecule has 0 aliphatic heterocycles. The van der Waals surface area contributed by atoms with Gasteiger partial charge < -0.3 is 14.8 Å². The molecule has 0 unspecified atom stereocenters. The summed E-state index contributed by atoms with van der Waals surface area (Å²) in [6.07, 6.45) is 2.32. The van der Waals surface area contributed by atoms with Crippen LogP contribution in [0.25, 0.3) is 21.3 Å². The second-order valence-corrected chi connectivity index (χ2v) is 7.74. The highest BCUT2D eigenvalue weighted by Gasteiger charge is 2.18. The first-order valence-corrected chi connectivity index (χ1v) is 11.1. The van der Waals surface area contributed by atoms with Crippen LogP contribution in [0.4, 0.5) is 5.82 Å². The zero-order valence-corrected chi connectivity index (χ0v) is 18.6. The molecular formula is C22H23N5O4S. The van der Waals surface area contributed by atoms with Crippen molar-refractivity contribution >= 4 is 17.2 Å². The molecule has 10 heteroatoms. The van der Waals surface area contributed by atoms with Gasteiger partial charge in [-0.2, -0.15) is 0 Å². The summed E-state index contributed by atoms with van der Waals surface area (Å²) < 4.78 is 16.0. The molecule has 0 atom stereocenters. The molecule has 3 aromatic heterocycles. The predicted molar refractivity (Wildman–Crippen MR) is 122 cm³/mol.